The predicted molar refractivity (Wildman–Crippen MR) is 71.6 cm³/mol. The van der Waals surface area contributed by atoms with Crippen LogP contribution in [0.25, 0.3) is 0 Å². The second kappa shape index (κ2) is 5.24. The lowest BCUT2D eigenvalue weighted by molar-refractivity contribution is 0.0481. The zero-order chi connectivity index (χ0) is 13.2. The number of pyridine rings is 1. The zero-order valence-corrected chi connectivity index (χ0v) is 11.1. The third-order valence-electron chi connectivity index (χ3n) is 3.64. The average Bonchev–Trinajstić information content (AvgIpc) is 2.50. The standard InChI is InChI=1S/C14H22N2O2/c1-11(17)12-4-5-13(15-10-12)16-8-3-6-14(2,18)7-9-16/h4-5,10-11,17-18H,3,6-9H2,1-2H3/t11-,14?/m0/s1. The minimum absolute atomic E-state index is 0.476. The van der Waals surface area contributed by atoms with Crippen molar-refractivity contribution in [3.05, 3.63) is 23.9 Å². The van der Waals surface area contributed by atoms with E-state index in [2.05, 4.69) is 9.88 Å². The Balaban J connectivity index is 2.07. The SMILES string of the molecule is C[C@H](O)c1ccc(N2CCCC(C)(O)CC2)nc1. The average molecular weight is 250 g/mol. The molecule has 1 unspecified atom stereocenters. The van der Waals surface area contributed by atoms with E-state index in [-0.39, 0.29) is 0 Å². The third-order valence-corrected chi connectivity index (χ3v) is 3.64. The fourth-order valence-corrected chi connectivity index (χ4v) is 2.32. The summed E-state index contributed by atoms with van der Waals surface area (Å²) in [6, 6.07) is 3.86. The molecule has 2 atom stereocenters. The highest BCUT2D eigenvalue weighted by molar-refractivity contribution is 5.39. The van der Waals surface area contributed by atoms with Gasteiger partial charge in [-0.1, -0.05) is 6.07 Å². The summed E-state index contributed by atoms with van der Waals surface area (Å²) in [5, 5.41) is 19.5. The van der Waals surface area contributed by atoms with Crippen LogP contribution in [0.1, 0.15) is 44.8 Å². The van der Waals surface area contributed by atoms with E-state index < -0.39 is 11.7 Å². The predicted octanol–water partition coefficient (Wildman–Crippen LogP) is 1.88. The highest BCUT2D eigenvalue weighted by Crippen LogP contribution is 2.24. The lowest BCUT2D eigenvalue weighted by atomic mass is 9.98. The number of aliphatic hydroxyl groups is 2. The molecule has 1 aliphatic heterocycles. The molecule has 2 rings (SSSR count). The second-order valence-corrected chi connectivity index (χ2v) is 5.46. The van der Waals surface area contributed by atoms with E-state index in [0.717, 1.165) is 43.7 Å². The van der Waals surface area contributed by atoms with Crippen molar-refractivity contribution >= 4 is 5.82 Å². The van der Waals surface area contributed by atoms with Crippen LogP contribution in [0.3, 0.4) is 0 Å². The lowest BCUT2D eigenvalue weighted by Crippen LogP contribution is -2.28. The van der Waals surface area contributed by atoms with Crippen LogP contribution in [0, 0.1) is 0 Å². The van der Waals surface area contributed by atoms with Crippen molar-refractivity contribution in [2.45, 2.75) is 44.8 Å². The van der Waals surface area contributed by atoms with Gasteiger partial charge in [-0.25, -0.2) is 4.98 Å². The van der Waals surface area contributed by atoms with E-state index in [0.29, 0.717) is 0 Å². The van der Waals surface area contributed by atoms with Crippen LogP contribution >= 0.6 is 0 Å². The van der Waals surface area contributed by atoms with Gasteiger partial charge in [0, 0.05) is 19.3 Å². The van der Waals surface area contributed by atoms with Gasteiger partial charge >= 0.3 is 0 Å². The number of rotatable bonds is 2. The molecule has 0 radical (unpaired) electrons. The molecule has 1 aliphatic rings. The Morgan fingerprint density at radius 2 is 2.11 bits per heavy atom. The van der Waals surface area contributed by atoms with Gasteiger partial charge in [-0.2, -0.15) is 0 Å². The maximum absolute atomic E-state index is 10.1. The van der Waals surface area contributed by atoms with Crippen LogP contribution in [0.15, 0.2) is 18.3 Å². The van der Waals surface area contributed by atoms with Gasteiger partial charge in [-0.3, -0.25) is 0 Å². The Kier molecular flexibility index (Phi) is 3.88. The van der Waals surface area contributed by atoms with Gasteiger partial charge in [0.25, 0.3) is 0 Å². The molecule has 2 N–H and O–H groups in total. The zero-order valence-electron chi connectivity index (χ0n) is 11.1. The fourth-order valence-electron chi connectivity index (χ4n) is 2.32. The highest BCUT2D eigenvalue weighted by atomic mass is 16.3. The van der Waals surface area contributed by atoms with E-state index in [1.54, 1.807) is 13.1 Å². The molecule has 1 aromatic heterocycles. The first kappa shape index (κ1) is 13.3. The molecule has 0 saturated carbocycles. The summed E-state index contributed by atoms with van der Waals surface area (Å²) >= 11 is 0. The number of anilines is 1. The number of nitrogens with zero attached hydrogens (tertiary/aromatic N) is 2. The third kappa shape index (κ3) is 3.21. The molecule has 1 aromatic rings. The Morgan fingerprint density at radius 1 is 1.33 bits per heavy atom. The topological polar surface area (TPSA) is 56.6 Å². The van der Waals surface area contributed by atoms with Gasteiger partial charge in [-0.15, -0.1) is 0 Å². The van der Waals surface area contributed by atoms with Gasteiger partial charge in [0.1, 0.15) is 5.82 Å². The fraction of sp³-hybridized carbons (Fsp3) is 0.643. The normalized spacial score (nSPS) is 26.8. The number of aliphatic hydroxyl groups excluding tert-OH is 1. The van der Waals surface area contributed by atoms with Crippen LogP contribution < -0.4 is 4.90 Å². The highest BCUT2D eigenvalue weighted by Gasteiger charge is 2.25. The van der Waals surface area contributed by atoms with Crippen molar-refractivity contribution in [3.8, 4) is 0 Å². The van der Waals surface area contributed by atoms with E-state index in [9.17, 15) is 10.2 Å². The first-order chi connectivity index (χ1) is 8.48. The quantitative estimate of drug-likeness (QED) is 0.841. The van der Waals surface area contributed by atoms with E-state index >= 15 is 0 Å². The summed E-state index contributed by atoms with van der Waals surface area (Å²) in [6.07, 6.45) is 3.84. The molecule has 0 aromatic carbocycles. The first-order valence-electron chi connectivity index (χ1n) is 6.59. The van der Waals surface area contributed by atoms with Crippen molar-refractivity contribution in [2.75, 3.05) is 18.0 Å². The number of hydrogen-bond donors (Lipinski definition) is 2. The Hall–Kier alpha value is -1.13. The molecule has 0 spiro atoms. The minimum atomic E-state index is -0.547. The van der Waals surface area contributed by atoms with Crippen LogP contribution in [0.5, 0.6) is 0 Å². The number of hydrogen-bond acceptors (Lipinski definition) is 4. The molecule has 4 heteroatoms. The molecule has 0 amide bonds. The van der Waals surface area contributed by atoms with Crippen LogP contribution in [-0.4, -0.2) is 33.9 Å². The van der Waals surface area contributed by atoms with Gasteiger partial charge in [-0.05, 0) is 44.7 Å². The van der Waals surface area contributed by atoms with Gasteiger partial charge in [0.2, 0.25) is 0 Å². The van der Waals surface area contributed by atoms with E-state index in [4.69, 9.17) is 0 Å². The smallest absolute Gasteiger partial charge is 0.128 e. The largest absolute Gasteiger partial charge is 0.390 e. The van der Waals surface area contributed by atoms with Crippen molar-refractivity contribution in [1.29, 1.82) is 0 Å². The molecule has 0 bridgehead atoms. The molecule has 100 valence electrons. The van der Waals surface area contributed by atoms with E-state index in [1.165, 1.54) is 0 Å². The van der Waals surface area contributed by atoms with Crippen LogP contribution in [0.4, 0.5) is 5.82 Å². The number of aromatic nitrogens is 1. The summed E-state index contributed by atoms with van der Waals surface area (Å²) in [4.78, 5) is 6.60. The van der Waals surface area contributed by atoms with Crippen molar-refractivity contribution < 1.29 is 10.2 Å². The van der Waals surface area contributed by atoms with Gasteiger partial charge < -0.3 is 15.1 Å². The summed E-state index contributed by atoms with van der Waals surface area (Å²) in [6.45, 7) is 5.39. The van der Waals surface area contributed by atoms with E-state index in [1.807, 2.05) is 19.1 Å². The summed E-state index contributed by atoms with van der Waals surface area (Å²) < 4.78 is 0. The van der Waals surface area contributed by atoms with Gasteiger partial charge in [0.05, 0.1) is 11.7 Å². The maximum Gasteiger partial charge on any atom is 0.128 e. The Morgan fingerprint density at radius 3 is 2.72 bits per heavy atom. The second-order valence-electron chi connectivity index (χ2n) is 5.46. The summed E-state index contributed by atoms with van der Waals surface area (Å²) in [7, 11) is 0. The Labute approximate surface area is 108 Å². The molecule has 2 heterocycles. The molecule has 1 fully saturated rings. The molecule has 1 saturated heterocycles. The monoisotopic (exact) mass is 250 g/mol. The first-order valence-corrected chi connectivity index (χ1v) is 6.59. The lowest BCUT2D eigenvalue weighted by Gasteiger charge is -2.23. The molecule has 18 heavy (non-hydrogen) atoms. The van der Waals surface area contributed by atoms with Crippen molar-refractivity contribution in [2.24, 2.45) is 0 Å². The molecule has 0 aliphatic carbocycles. The Bertz CT molecular complexity index is 387. The molecule has 4 nitrogen and oxygen atoms in total. The maximum atomic E-state index is 10.1. The summed E-state index contributed by atoms with van der Waals surface area (Å²) in [5.74, 6) is 0.928. The van der Waals surface area contributed by atoms with Gasteiger partial charge in [0.15, 0.2) is 0 Å². The van der Waals surface area contributed by atoms with Crippen LogP contribution in [0.2, 0.25) is 0 Å². The van der Waals surface area contributed by atoms with Crippen molar-refractivity contribution in [1.82, 2.24) is 4.98 Å². The van der Waals surface area contributed by atoms with Crippen molar-refractivity contribution in [3.63, 3.8) is 0 Å². The van der Waals surface area contributed by atoms with Crippen LogP contribution in [-0.2, 0) is 0 Å². The molecular formula is C14H22N2O2. The summed E-state index contributed by atoms with van der Waals surface area (Å²) in [5.41, 5.74) is 0.287. The molecular weight excluding hydrogens is 228 g/mol. The minimum Gasteiger partial charge on any atom is -0.390 e.